The van der Waals surface area contributed by atoms with E-state index >= 15 is 0 Å². The van der Waals surface area contributed by atoms with Crippen LogP contribution in [0.25, 0.3) is 0 Å². The highest BCUT2D eigenvalue weighted by Crippen LogP contribution is 2.68. The summed E-state index contributed by atoms with van der Waals surface area (Å²) in [6.45, 7) is 8.97. The Hall–Kier alpha value is -0.650. The summed E-state index contributed by atoms with van der Waals surface area (Å²) in [7, 11) is 4.12. The van der Waals surface area contributed by atoms with Crippen molar-refractivity contribution in [1.82, 2.24) is 10.2 Å². The van der Waals surface area contributed by atoms with Gasteiger partial charge in [-0.15, -0.1) is 0 Å². The van der Waals surface area contributed by atoms with Gasteiger partial charge in [0.15, 0.2) is 0 Å². The van der Waals surface area contributed by atoms with Crippen LogP contribution in [-0.4, -0.2) is 60.4 Å². The largest absolute Gasteiger partial charge is 0.393 e. The molecular formula is C29H52N2O3. The maximum atomic E-state index is 12.4. The molecule has 3 N–H and O–H groups in total. The summed E-state index contributed by atoms with van der Waals surface area (Å²) < 4.78 is 0. The quantitative estimate of drug-likeness (QED) is 0.452. The monoisotopic (exact) mass is 476 g/mol. The van der Waals surface area contributed by atoms with Crippen molar-refractivity contribution in [2.75, 3.05) is 27.2 Å². The molecule has 0 aliphatic heterocycles. The molecule has 4 saturated carbocycles. The maximum absolute atomic E-state index is 12.4. The first kappa shape index (κ1) is 26.4. The molecular weight excluding hydrogens is 424 g/mol. The molecule has 0 saturated heterocycles. The van der Waals surface area contributed by atoms with E-state index in [2.05, 4.69) is 45.1 Å². The Morgan fingerprint density at radius 2 is 1.82 bits per heavy atom. The van der Waals surface area contributed by atoms with Gasteiger partial charge in [-0.3, -0.25) is 4.79 Å². The summed E-state index contributed by atoms with van der Waals surface area (Å²) in [6.07, 6.45) is 11.1. The number of fused-ring (bicyclic) bond motifs is 5. The summed E-state index contributed by atoms with van der Waals surface area (Å²) >= 11 is 0. The first-order valence-electron chi connectivity index (χ1n) is 14.3. The van der Waals surface area contributed by atoms with Crippen LogP contribution in [0.15, 0.2) is 0 Å². The number of nitrogens with one attached hydrogen (secondary N) is 1. The zero-order chi connectivity index (χ0) is 24.7. The van der Waals surface area contributed by atoms with Gasteiger partial charge in [0.2, 0.25) is 5.91 Å². The van der Waals surface area contributed by atoms with Gasteiger partial charge in [-0.05, 0) is 131 Å². The molecule has 5 unspecified atom stereocenters. The normalized spacial score (nSPS) is 44.8. The van der Waals surface area contributed by atoms with Gasteiger partial charge < -0.3 is 20.4 Å². The van der Waals surface area contributed by atoms with E-state index in [0.717, 1.165) is 57.5 Å². The fourth-order valence-corrected chi connectivity index (χ4v) is 9.43. The van der Waals surface area contributed by atoms with E-state index in [4.69, 9.17) is 0 Å². The van der Waals surface area contributed by atoms with Gasteiger partial charge in [-0.1, -0.05) is 20.8 Å². The SMILES string of the molecule is CC(CCC(=O)NCCCN(C)C)[C@H]1CCC2C3CCC4C[C@H](O)CC[C@]4(C)C3C[C@H](O)[C@@]21C. The van der Waals surface area contributed by atoms with Crippen LogP contribution < -0.4 is 5.32 Å². The average molecular weight is 477 g/mol. The number of nitrogens with zero attached hydrogens (tertiary/aromatic N) is 1. The Morgan fingerprint density at radius 1 is 1.06 bits per heavy atom. The van der Waals surface area contributed by atoms with Gasteiger partial charge in [0.1, 0.15) is 0 Å². The first-order valence-corrected chi connectivity index (χ1v) is 14.3. The Bertz CT molecular complexity index is 713. The van der Waals surface area contributed by atoms with E-state index in [1.807, 2.05) is 0 Å². The predicted octanol–water partition coefficient (Wildman–Crippen LogP) is 4.46. The van der Waals surface area contributed by atoms with Crippen LogP contribution in [0.5, 0.6) is 0 Å². The van der Waals surface area contributed by atoms with Crippen LogP contribution in [0, 0.1) is 46.3 Å². The summed E-state index contributed by atoms with van der Waals surface area (Å²) in [5.41, 5.74) is 0.277. The van der Waals surface area contributed by atoms with Gasteiger partial charge in [0.25, 0.3) is 0 Å². The Morgan fingerprint density at radius 3 is 2.56 bits per heavy atom. The van der Waals surface area contributed by atoms with Crippen molar-refractivity contribution in [1.29, 1.82) is 0 Å². The molecule has 196 valence electrons. The second-order valence-electron chi connectivity index (χ2n) is 13.4. The van der Waals surface area contributed by atoms with Crippen LogP contribution in [0.2, 0.25) is 0 Å². The van der Waals surface area contributed by atoms with E-state index in [0.29, 0.717) is 41.4 Å². The van der Waals surface area contributed by atoms with E-state index in [-0.39, 0.29) is 23.5 Å². The van der Waals surface area contributed by atoms with Crippen LogP contribution in [0.1, 0.15) is 91.4 Å². The van der Waals surface area contributed by atoms with Gasteiger partial charge in [-0.25, -0.2) is 0 Å². The number of rotatable bonds is 8. The van der Waals surface area contributed by atoms with E-state index in [9.17, 15) is 15.0 Å². The molecule has 4 aliphatic carbocycles. The molecule has 0 aromatic rings. The van der Waals surface area contributed by atoms with Crippen molar-refractivity contribution in [3.05, 3.63) is 0 Å². The highest BCUT2D eigenvalue weighted by atomic mass is 16.3. The van der Waals surface area contributed by atoms with Crippen LogP contribution in [0.4, 0.5) is 0 Å². The van der Waals surface area contributed by atoms with Crippen molar-refractivity contribution in [2.45, 2.75) is 104 Å². The van der Waals surface area contributed by atoms with Crippen molar-refractivity contribution in [3.8, 4) is 0 Å². The first-order chi connectivity index (χ1) is 16.1. The molecule has 4 fully saturated rings. The third kappa shape index (κ3) is 4.83. The molecule has 10 atom stereocenters. The van der Waals surface area contributed by atoms with Crippen molar-refractivity contribution in [2.24, 2.45) is 46.3 Å². The molecule has 34 heavy (non-hydrogen) atoms. The lowest BCUT2D eigenvalue weighted by atomic mass is 9.43. The Labute approximate surface area is 208 Å². The minimum atomic E-state index is -0.240. The topological polar surface area (TPSA) is 72.8 Å². The van der Waals surface area contributed by atoms with Crippen molar-refractivity contribution in [3.63, 3.8) is 0 Å². The number of hydrogen-bond donors (Lipinski definition) is 3. The molecule has 5 nitrogen and oxygen atoms in total. The number of amides is 1. The zero-order valence-electron chi connectivity index (χ0n) is 22.6. The van der Waals surface area contributed by atoms with E-state index < -0.39 is 0 Å². The predicted molar refractivity (Wildman–Crippen MR) is 137 cm³/mol. The number of hydrogen-bond acceptors (Lipinski definition) is 4. The van der Waals surface area contributed by atoms with E-state index in [1.54, 1.807) is 0 Å². The fourth-order valence-electron chi connectivity index (χ4n) is 9.43. The smallest absolute Gasteiger partial charge is 0.220 e. The van der Waals surface area contributed by atoms with Gasteiger partial charge in [-0.2, -0.15) is 0 Å². The minimum Gasteiger partial charge on any atom is -0.393 e. The van der Waals surface area contributed by atoms with E-state index in [1.165, 1.54) is 25.7 Å². The molecule has 0 aromatic heterocycles. The maximum Gasteiger partial charge on any atom is 0.220 e. The number of carbonyl (C=O) groups excluding carboxylic acids is 1. The molecule has 4 rings (SSSR count). The summed E-state index contributed by atoms with van der Waals surface area (Å²) in [6, 6.07) is 0. The van der Waals surface area contributed by atoms with Gasteiger partial charge in [0.05, 0.1) is 12.2 Å². The number of carbonyl (C=O) groups is 1. The van der Waals surface area contributed by atoms with Gasteiger partial charge >= 0.3 is 0 Å². The average Bonchev–Trinajstić information content (AvgIpc) is 3.15. The second-order valence-corrected chi connectivity index (χ2v) is 13.4. The zero-order valence-corrected chi connectivity index (χ0v) is 22.6. The summed E-state index contributed by atoms with van der Waals surface area (Å²) in [4.78, 5) is 14.6. The fraction of sp³-hybridized carbons (Fsp3) is 0.966. The third-order valence-electron chi connectivity index (χ3n) is 11.4. The highest BCUT2D eigenvalue weighted by Gasteiger charge is 2.63. The van der Waals surface area contributed by atoms with Crippen molar-refractivity contribution < 1.29 is 15.0 Å². The molecule has 0 aromatic carbocycles. The van der Waals surface area contributed by atoms with Crippen molar-refractivity contribution >= 4 is 5.91 Å². The molecule has 1 amide bonds. The number of aliphatic hydroxyl groups excluding tert-OH is 2. The molecule has 0 spiro atoms. The second kappa shape index (κ2) is 10.4. The summed E-state index contributed by atoms with van der Waals surface area (Å²) in [5, 5.41) is 25.1. The molecule has 0 heterocycles. The lowest BCUT2D eigenvalue weighted by Crippen LogP contribution is -2.58. The molecule has 0 radical (unpaired) electrons. The minimum absolute atomic E-state index is 0.0137. The lowest BCUT2D eigenvalue weighted by molar-refractivity contribution is -0.174. The van der Waals surface area contributed by atoms with Crippen LogP contribution >= 0.6 is 0 Å². The highest BCUT2D eigenvalue weighted by molar-refractivity contribution is 5.75. The molecule has 0 bridgehead atoms. The van der Waals surface area contributed by atoms with Crippen LogP contribution in [-0.2, 0) is 4.79 Å². The van der Waals surface area contributed by atoms with Gasteiger partial charge in [0, 0.05) is 13.0 Å². The Balaban J connectivity index is 1.37. The number of aliphatic hydroxyl groups is 2. The molecule has 5 heteroatoms. The summed E-state index contributed by atoms with van der Waals surface area (Å²) in [5.74, 6) is 3.72. The molecule has 4 aliphatic rings. The van der Waals surface area contributed by atoms with Crippen LogP contribution in [0.3, 0.4) is 0 Å². The third-order valence-corrected chi connectivity index (χ3v) is 11.4. The standard InChI is InChI=1S/C29H52N2O3/c1-19(7-12-27(34)30-15-6-16-31(4)5)23-10-11-24-22-9-8-20-17-21(32)13-14-28(20,2)25(22)18-26(33)29(23,24)3/h19-26,32-33H,6-18H2,1-5H3,(H,30,34)/t19?,20?,21-,22?,23-,24?,25?,26+,28+,29-/m1/s1. The lowest BCUT2D eigenvalue weighted by Gasteiger charge is -2.62. The Kier molecular flexibility index (Phi) is 8.06.